The Morgan fingerprint density at radius 1 is 1.02 bits per heavy atom. The van der Waals surface area contributed by atoms with Gasteiger partial charge >= 0.3 is 0 Å². The first-order valence-electron chi connectivity index (χ1n) is 14.0. The van der Waals surface area contributed by atoms with Gasteiger partial charge in [-0.05, 0) is 54.8 Å². The molecule has 4 aromatic rings. The molecule has 0 aliphatic carbocycles. The molecule has 10 heteroatoms. The van der Waals surface area contributed by atoms with Gasteiger partial charge in [-0.2, -0.15) is 0 Å². The number of methoxy groups -OCH3 is 2. The maximum absolute atomic E-state index is 12.8. The lowest BCUT2D eigenvalue weighted by molar-refractivity contribution is -0.121. The number of nitrogens with two attached hydrogens (primary N) is 1. The monoisotopic (exact) mass is 583 g/mol. The fraction of sp³-hybridized carbons (Fsp3) is 0.303. The zero-order valence-electron chi connectivity index (χ0n) is 24.8. The van der Waals surface area contributed by atoms with E-state index in [4.69, 9.17) is 24.7 Å². The first-order valence-corrected chi connectivity index (χ1v) is 14.0. The maximum atomic E-state index is 12.8. The second kappa shape index (κ2) is 12.8. The number of rotatable bonds is 13. The number of anilines is 1. The molecule has 1 fully saturated rings. The SMILES string of the molecule is COc1ccc(C(c2ccc(OC)cc2)n2cnc(NC3(C(COCc4ccccc4)=NC(=O)C(C)(C)N)CO3)c2)cc1. The molecule has 0 saturated carbocycles. The highest BCUT2D eigenvalue weighted by Crippen LogP contribution is 2.34. The zero-order chi connectivity index (χ0) is 30.5. The minimum atomic E-state index is -1.15. The van der Waals surface area contributed by atoms with Crippen molar-refractivity contribution in [2.24, 2.45) is 10.7 Å². The van der Waals surface area contributed by atoms with E-state index in [1.54, 1.807) is 34.4 Å². The highest BCUT2D eigenvalue weighted by atomic mass is 16.6. The summed E-state index contributed by atoms with van der Waals surface area (Å²) in [6.45, 7) is 3.97. The average molecular weight is 584 g/mol. The van der Waals surface area contributed by atoms with Gasteiger partial charge in [0.2, 0.25) is 5.72 Å². The molecule has 1 amide bonds. The van der Waals surface area contributed by atoms with E-state index in [0.717, 1.165) is 28.2 Å². The number of imidazole rings is 1. The first kappa shape index (κ1) is 30.0. The number of hydrogen-bond acceptors (Lipinski definition) is 8. The average Bonchev–Trinajstić information content (AvgIpc) is 3.66. The van der Waals surface area contributed by atoms with Crippen LogP contribution in [0.1, 0.15) is 36.6 Å². The van der Waals surface area contributed by atoms with Gasteiger partial charge in [-0.25, -0.2) is 9.98 Å². The highest BCUT2D eigenvalue weighted by molar-refractivity contribution is 6.06. The lowest BCUT2D eigenvalue weighted by atomic mass is 9.98. The standard InChI is InChI=1S/C33H37N5O5/c1-32(2,34)31(39)36-28(20-42-19-23-8-6-5-7-9-23)33(21-43-33)37-29-18-38(22-35-29)30(24-10-14-26(40-3)15-11-24)25-12-16-27(41-4)17-13-25/h5-18,22,30,37H,19-21,34H2,1-4H3. The molecule has 0 bridgehead atoms. The smallest absolute Gasteiger partial charge is 0.265 e. The van der Waals surface area contributed by atoms with Gasteiger partial charge in [0.15, 0.2) is 0 Å². The zero-order valence-corrected chi connectivity index (χ0v) is 24.8. The van der Waals surface area contributed by atoms with Crippen LogP contribution < -0.4 is 20.5 Å². The van der Waals surface area contributed by atoms with Crippen molar-refractivity contribution < 1.29 is 23.7 Å². The summed E-state index contributed by atoms with van der Waals surface area (Å²) >= 11 is 0. The number of carbonyl (C=O) groups is 1. The van der Waals surface area contributed by atoms with Crippen LogP contribution in [0.4, 0.5) is 5.82 Å². The second-order valence-corrected chi connectivity index (χ2v) is 11.0. The van der Waals surface area contributed by atoms with Gasteiger partial charge in [0.1, 0.15) is 29.6 Å². The summed E-state index contributed by atoms with van der Waals surface area (Å²) in [6.07, 6.45) is 3.66. The minimum absolute atomic E-state index is 0.0742. The van der Waals surface area contributed by atoms with E-state index in [1.807, 2.05) is 89.6 Å². The molecular formula is C33H37N5O5. The summed E-state index contributed by atoms with van der Waals surface area (Å²) in [4.78, 5) is 21.8. The molecule has 1 unspecified atom stereocenters. The van der Waals surface area contributed by atoms with Crippen LogP contribution in [-0.2, 0) is 20.9 Å². The fourth-order valence-electron chi connectivity index (χ4n) is 4.59. The number of hydrogen-bond donors (Lipinski definition) is 2. The molecule has 2 heterocycles. The van der Waals surface area contributed by atoms with Crippen molar-refractivity contribution >= 4 is 17.4 Å². The Kier molecular flexibility index (Phi) is 8.91. The molecule has 0 radical (unpaired) electrons. The molecule has 1 saturated heterocycles. The van der Waals surface area contributed by atoms with Crippen molar-refractivity contribution in [1.29, 1.82) is 0 Å². The van der Waals surface area contributed by atoms with Crippen molar-refractivity contribution in [2.75, 3.05) is 32.8 Å². The van der Waals surface area contributed by atoms with E-state index in [9.17, 15) is 4.79 Å². The Hall–Kier alpha value is -4.51. The topological polar surface area (TPSA) is 126 Å². The van der Waals surface area contributed by atoms with E-state index in [1.165, 1.54) is 0 Å². The van der Waals surface area contributed by atoms with Crippen LogP contribution in [0.15, 0.2) is 96.4 Å². The van der Waals surface area contributed by atoms with Crippen LogP contribution in [-0.4, -0.2) is 59.9 Å². The molecule has 43 heavy (non-hydrogen) atoms. The van der Waals surface area contributed by atoms with Crippen LogP contribution in [0.2, 0.25) is 0 Å². The molecule has 1 atom stereocenters. The molecule has 3 N–H and O–H groups in total. The highest BCUT2D eigenvalue weighted by Gasteiger charge is 2.51. The number of benzene rings is 3. The number of aliphatic imine (C=N–C) groups is 1. The van der Waals surface area contributed by atoms with Crippen LogP contribution >= 0.6 is 0 Å². The van der Waals surface area contributed by atoms with Crippen molar-refractivity contribution in [3.63, 3.8) is 0 Å². The summed E-state index contributed by atoms with van der Waals surface area (Å²) < 4.78 is 24.6. The van der Waals surface area contributed by atoms with Crippen LogP contribution in [0.3, 0.4) is 0 Å². The number of epoxide rings is 1. The molecule has 224 valence electrons. The lowest BCUT2D eigenvalue weighted by Gasteiger charge is -2.21. The van der Waals surface area contributed by atoms with E-state index in [0.29, 0.717) is 24.7 Å². The summed E-state index contributed by atoms with van der Waals surface area (Å²) in [5.74, 6) is 1.64. The van der Waals surface area contributed by atoms with Crippen molar-refractivity contribution in [3.05, 3.63) is 108 Å². The van der Waals surface area contributed by atoms with Crippen molar-refractivity contribution in [1.82, 2.24) is 9.55 Å². The Morgan fingerprint density at radius 3 is 2.12 bits per heavy atom. The molecule has 0 spiro atoms. The third-order valence-electron chi connectivity index (χ3n) is 7.13. The first-order chi connectivity index (χ1) is 20.7. The number of ether oxygens (including phenoxy) is 4. The van der Waals surface area contributed by atoms with Gasteiger partial charge < -0.3 is 34.6 Å². The van der Waals surface area contributed by atoms with Crippen molar-refractivity contribution in [3.8, 4) is 11.5 Å². The summed E-state index contributed by atoms with van der Waals surface area (Å²) in [5, 5.41) is 3.35. The van der Waals surface area contributed by atoms with E-state index < -0.39 is 17.2 Å². The number of aromatic nitrogens is 2. The van der Waals surface area contributed by atoms with Gasteiger partial charge in [-0.3, -0.25) is 4.79 Å². The van der Waals surface area contributed by atoms with Crippen LogP contribution in [0.25, 0.3) is 0 Å². The van der Waals surface area contributed by atoms with Gasteiger partial charge in [-0.1, -0.05) is 54.6 Å². The molecule has 1 aliphatic heterocycles. The number of carbonyl (C=O) groups excluding carboxylic acids is 1. The van der Waals surface area contributed by atoms with Gasteiger partial charge in [-0.15, -0.1) is 0 Å². The van der Waals surface area contributed by atoms with Gasteiger partial charge in [0, 0.05) is 6.20 Å². The predicted octanol–water partition coefficient (Wildman–Crippen LogP) is 4.60. The van der Waals surface area contributed by atoms with Crippen LogP contribution in [0.5, 0.6) is 11.5 Å². The fourth-order valence-corrected chi connectivity index (χ4v) is 4.59. The second-order valence-electron chi connectivity index (χ2n) is 11.0. The number of amides is 1. The van der Waals surface area contributed by atoms with Gasteiger partial charge in [0.05, 0.1) is 45.3 Å². The van der Waals surface area contributed by atoms with Crippen LogP contribution in [0, 0.1) is 0 Å². The lowest BCUT2D eigenvalue weighted by Crippen LogP contribution is -2.44. The maximum Gasteiger partial charge on any atom is 0.265 e. The Labute approximate surface area is 251 Å². The largest absolute Gasteiger partial charge is 0.497 e. The number of nitrogens with one attached hydrogen (secondary N) is 1. The minimum Gasteiger partial charge on any atom is -0.497 e. The van der Waals surface area contributed by atoms with Gasteiger partial charge in [0.25, 0.3) is 5.91 Å². The van der Waals surface area contributed by atoms with E-state index >= 15 is 0 Å². The quantitative estimate of drug-likeness (QED) is 0.173. The Morgan fingerprint density at radius 2 is 1.60 bits per heavy atom. The molecule has 1 aliphatic rings. The number of nitrogens with zero attached hydrogens (tertiary/aromatic N) is 3. The van der Waals surface area contributed by atoms with E-state index in [-0.39, 0.29) is 12.6 Å². The Bertz CT molecular complexity index is 1490. The summed E-state index contributed by atoms with van der Waals surface area (Å²) in [7, 11) is 3.29. The third kappa shape index (κ3) is 7.29. The molecule has 10 nitrogen and oxygen atoms in total. The molecule has 1 aromatic heterocycles. The summed E-state index contributed by atoms with van der Waals surface area (Å²) in [5.41, 5.74) is 7.37. The molecule has 5 rings (SSSR count). The summed E-state index contributed by atoms with van der Waals surface area (Å²) in [6, 6.07) is 25.5. The van der Waals surface area contributed by atoms with E-state index in [2.05, 4.69) is 15.3 Å². The third-order valence-corrected chi connectivity index (χ3v) is 7.13. The predicted molar refractivity (Wildman–Crippen MR) is 165 cm³/mol. The molecule has 3 aromatic carbocycles. The normalized spacial score (nSPS) is 16.7. The Balaban J connectivity index is 1.41. The van der Waals surface area contributed by atoms with Crippen molar-refractivity contribution in [2.45, 2.75) is 37.8 Å². The molecular weight excluding hydrogens is 546 g/mol.